The second kappa shape index (κ2) is 35.5. The number of ether oxygens (including phenoxy) is 2. The summed E-state index contributed by atoms with van der Waals surface area (Å²) in [6, 6.07) is 0. The standard InChI is InChI=1S/C38H70O6S/c1-3-5-7-9-11-13-15-17-19-21-23-25-27-29-35(39)43-37(41)31-33-45-34-32-38(42)44-36(40)30-28-26-24-22-20-18-16-14-12-10-8-6-4-2/h3-34H2,1-2H3. The van der Waals surface area contributed by atoms with E-state index in [0.717, 1.165) is 38.5 Å². The normalized spacial score (nSPS) is 11.1. The zero-order chi connectivity index (χ0) is 33.1. The van der Waals surface area contributed by atoms with E-state index < -0.39 is 23.9 Å². The van der Waals surface area contributed by atoms with Gasteiger partial charge in [-0.3, -0.25) is 19.2 Å². The summed E-state index contributed by atoms with van der Waals surface area (Å²) in [4.78, 5) is 47.6. The summed E-state index contributed by atoms with van der Waals surface area (Å²) < 4.78 is 9.82. The lowest BCUT2D eigenvalue weighted by molar-refractivity contribution is -0.161. The van der Waals surface area contributed by atoms with E-state index in [0.29, 0.717) is 11.5 Å². The van der Waals surface area contributed by atoms with Crippen LogP contribution in [-0.4, -0.2) is 35.4 Å². The molecular weight excluding hydrogens is 584 g/mol. The highest BCUT2D eigenvalue weighted by atomic mass is 32.2. The van der Waals surface area contributed by atoms with E-state index in [1.807, 2.05) is 0 Å². The molecule has 45 heavy (non-hydrogen) atoms. The van der Waals surface area contributed by atoms with Crippen LogP contribution in [-0.2, 0) is 28.7 Å². The van der Waals surface area contributed by atoms with Crippen molar-refractivity contribution in [2.45, 2.75) is 206 Å². The van der Waals surface area contributed by atoms with E-state index in [2.05, 4.69) is 13.8 Å². The van der Waals surface area contributed by atoms with Gasteiger partial charge in [0.05, 0.1) is 12.8 Å². The Morgan fingerprint density at radius 3 is 0.822 bits per heavy atom. The Morgan fingerprint density at radius 2 is 0.556 bits per heavy atom. The van der Waals surface area contributed by atoms with Gasteiger partial charge in [0.25, 0.3) is 0 Å². The molecule has 0 spiro atoms. The van der Waals surface area contributed by atoms with Crippen LogP contribution < -0.4 is 0 Å². The third kappa shape index (κ3) is 35.3. The fourth-order valence-corrected chi connectivity index (χ4v) is 6.27. The highest BCUT2D eigenvalue weighted by molar-refractivity contribution is 7.99. The van der Waals surface area contributed by atoms with E-state index >= 15 is 0 Å². The first kappa shape index (κ1) is 43.6. The molecule has 0 radical (unpaired) electrons. The molecule has 0 rings (SSSR count). The van der Waals surface area contributed by atoms with Gasteiger partial charge in [0.2, 0.25) is 0 Å². The Labute approximate surface area is 281 Å². The first-order chi connectivity index (χ1) is 22.0. The molecule has 0 amide bonds. The van der Waals surface area contributed by atoms with Crippen LogP contribution in [0.2, 0.25) is 0 Å². The van der Waals surface area contributed by atoms with Gasteiger partial charge in [-0.2, -0.15) is 11.8 Å². The molecular formula is C38H70O6S. The molecule has 0 aliphatic heterocycles. The molecule has 0 unspecified atom stereocenters. The van der Waals surface area contributed by atoms with Gasteiger partial charge in [-0.1, -0.05) is 168 Å². The summed E-state index contributed by atoms with van der Waals surface area (Å²) in [5, 5.41) is 0. The number of unbranched alkanes of at least 4 members (excludes halogenated alkanes) is 24. The van der Waals surface area contributed by atoms with Gasteiger partial charge in [-0.05, 0) is 12.8 Å². The molecule has 0 aromatic carbocycles. The zero-order valence-electron chi connectivity index (χ0n) is 29.5. The Kier molecular flexibility index (Phi) is 34.4. The van der Waals surface area contributed by atoms with Crippen molar-refractivity contribution in [3.63, 3.8) is 0 Å². The number of hydrogen-bond acceptors (Lipinski definition) is 7. The summed E-state index contributed by atoms with van der Waals surface area (Å²) >= 11 is 1.42. The predicted molar refractivity (Wildman–Crippen MR) is 189 cm³/mol. The number of thioether (sulfide) groups is 1. The number of carbonyl (C=O) groups excluding carboxylic acids is 4. The molecule has 0 aromatic heterocycles. The van der Waals surface area contributed by atoms with Crippen molar-refractivity contribution in [2.24, 2.45) is 0 Å². The van der Waals surface area contributed by atoms with E-state index in [9.17, 15) is 19.2 Å². The van der Waals surface area contributed by atoms with Gasteiger partial charge in [0.15, 0.2) is 0 Å². The average molecular weight is 655 g/mol. The van der Waals surface area contributed by atoms with E-state index in [1.54, 1.807) is 0 Å². The minimum absolute atomic E-state index is 0.127. The van der Waals surface area contributed by atoms with Gasteiger partial charge >= 0.3 is 23.9 Å². The van der Waals surface area contributed by atoms with Crippen LogP contribution >= 0.6 is 11.8 Å². The van der Waals surface area contributed by atoms with Gasteiger partial charge in [0, 0.05) is 24.3 Å². The second-order valence-electron chi connectivity index (χ2n) is 12.8. The average Bonchev–Trinajstić information content (AvgIpc) is 3.01. The van der Waals surface area contributed by atoms with Crippen molar-refractivity contribution in [1.82, 2.24) is 0 Å². The number of rotatable bonds is 34. The number of esters is 4. The van der Waals surface area contributed by atoms with Gasteiger partial charge in [-0.15, -0.1) is 0 Å². The lowest BCUT2D eigenvalue weighted by Crippen LogP contribution is -2.14. The quantitative estimate of drug-likeness (QED) is 0.0387. The van der Waals surface area contributed by atoms with E-state index in [1.165, 1.54) is 140 Å². The monoisotopic (exact) mass is 654 g/mol. The maximum Gasteiger partial charge on any atom is 0.314 e. The largest absolute Gasteiger partial charge is 0.393 e. The summed E-state index contributed by atoms with van der Waals surface area (Å²) in [5.74, 6) is -0.997. The van der Waals surface area contributed by atoms with E-state index in [-0.39, 0.29) is 25.7 Å². The van der Waals surface area contributed by atoms with Crippen molar-refractivity contribution >= 4 is 35.6 Å². The third-order valence-electron chi connectivity index (χ3n) is 8.33. The lowest BCUT2D eigenvalue weighted by Gasteiger charge is -2.05. The molecule has 0 saturated heterocycles. The molecule has 6 nitrogen and oxygen atoms in total. The van der Waals surface area contributed by atoms with Crippen molar-refractivity contribution in [2.75, 3.05) is 11.5 Å². The number of carbonyl (C=O) groups is 4. The fraction of sp³-hybridized carbons (Fsp3) is 0.895. The van der Waals surface area contributed by atoms with Crippen LogP contribution in [0.25, 0.3) is 0 Å². The molecule has 0 aliphatic carbocycles. The lowest BCUT2D eigenvalue weighted by atomic mass is 10.0. The second-order valence-corrected chi connectivity index (χ2v) is 14.0. The SMILES string of the molecule is CCCCCCCCCCCCCCCC(=O)OC(=O)CCSCCC(=O)OC(=O)CCCCCCCCCCCCCCC. The maximum atomic E-state index is 11.9. The van der Waals surface area contributed by atoms with Crippen molar-refractivity contribution < 1.29 is 28.7 Å². The summed E-state index contributed by atoms with van der Waals surface area (Å²) in [6.45, 7) is 4.50. The molecule has 0 atom stereocenters. The van der Waals surface area contributed by atoms with Crippen molar-refractivity contribution in [1.29, 1.82) is 0 Å². The van der Waals surface area contributed by atoms with Crippen molar-refractivity contribution in [3.05, 3.63) is 0 Å². The van der Waals surface area contributed by atoms with Gasteiger partial charge in [-0.25, -0.2) is 0 Å². The maximum absolute atomic E-state index is 11.9. The molecule has 0 N–H and O–H groups in total. The van der Waals surface area contributed by atoms with E-state index in [4.69, 9.17) is 9.47 Å². The van der Waals surface area contributed by atoms with Crippen molar-refractivity contribution in [3.8, 4) is 0 Å². The molecule has 7 heteroatoms. The third-order valence-corrected chi connectivity index (χ3v) is 9.31. The molecule has 0 fully saturated rings. The van der Waals surface area contributed by atoms with Gasteiger partial charge < -0.3 is 9.47 Å². The molecule has 264 valence electrons. The molecule has 0 bridgehead atoms. The van der Waals surface area contributed by atoms with Crippen LogP contribution in [0.15, 0.2) is 0 Å². The predicted octanol–water partition coefficient (Wildman–Crippen LogP) is 11.6. The highest BCUT2D eigenvalue weighted by Gasteiger charge is 2.12. The Balaban J connectivity index is 3.48. The zero-order valence-corrected chi connectivity index (χ0v) is 30.3. The molecule has 0 saturated carbocycles. The van der Waals surface area contributed by atoms with Crippen LogP contribution in [0.4, 0.5) is 0 Å². The highest BCUT2D eigenvalue weighted by Crippen LogP contribution is 2.15. The summed E-state index contributed by atoms with van der Waals surface area (Å²) in [7, 11) is 0. The van der Waals surface area contributed by atoms with Gasteiger partial charge in [0.1, 0.15) is 0 Å². The summed E-state index contributed by atoms with van der Waals surface area (Å²) in [5.41, 5.74) is 0. The smallest absolute Gasteiger partial charge is 0.314 e. The van der Waals surface area contributed by atoms with Crippen LogP contribution in [0.1, 0.15) is 206 Å². The first-order valence-electron chi connectivity index (χ1n) is 19.0. The summed E-state index contributed by atoms with van der Waals surface area (Å²) in [6.07, 6.45) is 33.1. The molecule has 0 aromatic rings. The Morgan fingerprint density at radius 1 is 0.333 bits per heavy atom. The fourth-order valence-electron chi connectivity index (χ4n) is 5.45. The topological polar surface area (TPSA) is 86.7 Å². The number of hydrogen-bond donors (Lipinski definition) is 0. The molecule has 0 heterocycles. The minimum atomic E-state index is -0.516. The molecule has 0 aliphatic rings. The van der Waals surface area contributed by atoms with Crippen LogP contribution in [0, 0.1) is 0 Å². The van der Waals surface area contributed by atoms with Crippen LogP contribution in [0.5, 0.6) is 0 Å². The first-order valence-corrected chi connectivity index (χ1v) is 20.2. The Bertz CT molecular complexity index is 652. The minimum Gasteiger partial charge on any atom is -0.393 e. The van der Waals surface area contributed by atoms with Crippen LogP contribution in [0.3, 0.4) is 0 Å². The Hall–Kier alpha value is -1.37.